The van der Waals surface area contributed by atoms with Crippen molar-refractivity contribution in [2.45, 2.75) is 26.7 Å². The van der Waals surface area contributed by atoms with Crippen LogP contribution in [0.2, 0.25) is 0 Å². The van der Waals surface area contributed by atoms with Crippen LogP contribution in [0.15, 0.2) is 24.3 Å². The lowest BCUT2D eigenvalue weighted by Gasteiger charge is -2.04. The lowest BCUT2D eigenvalue weighted by molar-refractivity contribution is 0.0703. The molecule has 0 aliphatic rings. The monoisotopic (exact) mass is 275 g/mol. The average Bonchev–Trinajstić information content (AvgIpc) is 2.76. The average molecular weight is 275 g/mol. The Morgan fingerprint density at radius 3 is 2.32 bits per heavy atom. The summed E-state index contributed by atoms with van der Waals surface area (Å²) in [6, 6.07) is 8.22. The molecule has 1 aromatic carbocycles. The maximum atomic E-state index is 11.2. The molecule has 0 amide bonds. The van der Waals surface area contributed by atoms with Crippen molar-refractivity contribution < 1.29 is 9.90 Å². The van der Waals surface area contributed by atoms with Crippen LogP contribution in [-0.2, 0) is 12.8 Å². The van der Waals surface area contributed by atoms with Gasteiger partial charge in [0, 0.05) is 4.88 Å². The molecular formula is C15H17NO2S. The molecule has 4 heteroatoms. The van der Waals surface area contributed by atoms with E-state index in [4.69, 9.17) is 10.8 Å². The number of carboxylic acids is 1. The number of hydrogen-bond acceptors (Lipinski definition) is 3. The van der Waals surface area contributed by atoms with Crippen molar-refractivity contribution in [3.8, 4) is 10.4 Å². The summed E-state index contributed by atoms with van der Waals surface area (Å²) in [5, 5.41) is 9.16. The molecule has 2 aromatic rings. The van der Waals surface area contributed by atoms with Crippen LogP contribution in [0, 0.1) is 0 Å². The van der Waals surface area contributed by atoms with E-state index in [1.54, 1.807) is 0 Å². The molecular weight excluding hydrogens is 258 g/mol. The number of nitrogens with two attached hydrogens (primary N) is 1. The van der Waals surface area contributed by atoms with E-state index in [1.165, 1.54) is 16.9 Å². The Labute approximate surface area is 116 Å². The third-order valence-electron chi connectivity index (χ3n) is 3.22. The summed E-state index contributed by atoms with van der Waals surface area (Å²) < 4.78 is 0. The second-order valence-corrected chi connectivity index (χ2v) is 5.38. The van der Waals surface area contributed by atoms with Gasteiger partial charge in [0.15, 0.2) is 0 Å². The van der Waals surface area contributed by atoms with Crippen molar-refractivity contribution in [2.24, 2.45) is 0 Å². The van der Waals surface area contributed by atoms with Crippen LogP contribution in [0.5, 0.6) is 0 Å². The molecule has 0 unspecified atom stereocenters. The van der Waals surface area contributed by atoms with Crippen LogP contribution >= 0.6 is 11.3 Å². The molecule has 0 bridgehead atoms. The maximum Gasteiger partial charge on any atom is 0.348 e. The first-order valence-corrected chi connectivity index (χ1v) is 7.13. The molecule has 0 spiro atoms. The zero-order valence-corrected chi connectivity index (χ0v) is 11.9. The van der Waals surface area contributed by atoms with E-state index < -0.39 is 5.97 Å². The van der Waals surface area contributed by atoms with Crippen molar-refractivity contribution in [1.29, 1.82) is 0 Å². The number of anilines is 1. The molecule has 19 heavy (non-hydrogen) atoms. The minimum absolute atomic E-state index is 0.242. The predicted molar refractivity (Wildman–Crippen MR) is 79.9 cm³/mol. The Bertz CT molecular complexity index is 599. The molecule has 0 radical (unpaired) electrons. The Morgan fingerprint density at radius 2 is 1.84 bits per heavy atom. The molecule has 1 heterocycles. The number of aromatic carboxylic acids is 1. The van der Waals surface area contributed by atoms with Gasteiger partial charge in [-0.05, 0) is 29.5 Å². The summed E-state index contributed by atoms with van der Waals surface area (Å²) in [4.78, 5) is 12.4. The van der Waals surface area contributed by atoms with Gasteiger partial charge in [0.2, 0.25) is 0 Å². The number of carbonyl (C=O) groups is 1. The van der Waals surface area contributed by atoms with E-state index in [9.17, 15) is 4.79 Å². The van der Waals surface area contributed by atoms with E-state index in [2.05, 4.69) is 19.1 Å². The fourth-order valence-corrected chi connectivity index (χ4v) is 3.27. The fraction of sp³-hybridized carbons (Fsp3) is 0.267. The number of carboxylic acid groups (broad SMARTS) is 1. The number of benzene rings is 1. The Balaban J connectivity index is 2.54. The van der Waals surface area contributed by atoms with E-state index in [0.717, 1.165) is 28.8 Å². The van der Waals surface area contributed by atoms with Crippen LogP contribution in [-0.4, -0.2) is 11.1 Å². The summed E-state index contributed by atoms with van der Waals surface area (Å²) in [6.45, 7) is 4.10. The molecule has 3 nitrogen and oxygen atoms in total. The lowest BCUT2D eigenvalue weighted by Crippen LogP contribution is -1.99. The maximum absolute atomic E-state index is 11.2. The van der Waals surface area contributed by atoms with Crippen molar-refractivity contribution in [2.75, 3.05) is 5.73 Å². The van der Waals surface area contributed by atoms with Gasteiger partial charge in [0.05, 0.1) is 5.69 Å². The SMILES string of the molecule is CCc1ccc(-c2sc(C(=O)O)c(N)c2CC)cc1. The highest BCUT2D eigenvalue weighted by molar-refractivity contribution is 7.18. The first-order chi connectivity index (χ1) is 9.08. The van der Waals surface area contributed by atoms with Crippen LogP contribution in [0.1, 0.15) is 34.6 Å². The molecule has 0 saturated carbocycles. The second kappa shape index (κ2) is 5.45. The van der Waals surface area contributed by atoms with Crippen molar-refractivity contribution in [3.63, 3.8) is 0 Å². The molecule has 3 N–H and O–H groups in total. The van der Waals surface area contributed by atoms with Crippen molar-refractivity contribution in [1.82, 2.24) is 0 Å². The van der Waals surface area contributed by atoms with Gasteiger partial charge in [-0.15, -0.1) is 11.3 Å². The number of nitrogen functional groups attached to an aromatic ring is 1. The number of hydrogen-bond donors (Lipinski definition) is 2. The minimum Gasteiger partial charge on any atom is -0.477 e. The zero-order chi connectivity index (χ0) is 14.0. The zero-order valence-electron chi connectivity index (χ0n) is 11.1. The summed E-state index contributed by atoms with van der Waals surface area (Å²) in [5.74, 6) is -0.950. The van der Waals surface area contributed by atoms with Crippen LogP contribution in [0.25, 0.3) is 10.4 Å². The molecule has 0 aliphatic carbocycles. The number of thiophene rings is 1. The minimum atomic E-state index is -0.950. The quantitative estimate of drug-likeness (QED) is 0.891. The Morgan fingerprint density at radius 1 is 1.21 bits per heavy atom. The predicted octanol–water partition coefficient (Wildman–Crippen LogP) is 3.82. The molecule has 2 rings (SSSR count). The first kappa shape index (κ1) is 13.6. The Kier molecular flexibility index (Phi) is 3.90. The molecule has 0 atom stereocenters. The van der Waals surface area contributed by atoms with Gasteiger partial charge >= 0.3 is 5.97 Å². The molecule has 1 aromatic heterocycles. The van der Waals surface area contributed by atoms with Gasteiger partial charge in [-0.1, -0.05) is 38.1 Å². The van der Waals surface area contributed by atoms with Gasteiger partial charge < -0.3 is 10.8 Å². The van der Waals surface area contributed by atoms with Crippen molar-refractivity contribution >= 4 is 23.0 Å². The van der Waals surface area contributed by atoms with Gasteiger partial charge in [-0.25, -0.2) is 4.79 Å². The summed E-state index contributed by atoms with van der Waals surface area (Å²) in [7, 11) is 0. The molecule has 0 saturated heterocycles. The standard InChI is InChI=1S/C15H17NO2S/c1-3-9-5-7-10(8-6-9)13-11(4-2)12(16)14(19-13)15(17)18/h5-8H,3-4,16H2,1-2H3,(H,17,18). The van der Waals surface area contributed by atoms with Crippen LogP contribution in [0.4, 0.5) is 5.69 Å². The van der Waals surface area contributed by atoms with E-state index in [1.807, 2.05) is 19.1 Å². The van der Waals surface area contributed by atoms with E-state index in [0.29, 0.717) is 5.69 Å². The normalized spacial score (nSPS) is 10.6. The third kappa shape index (κ3) is 2.49. The lowest BCUT2D eigenvalue weighted by atomic mass is 10.0. The molecule has 0 fully saturated rings. The van der Waals surface area contributed by atoms with Crippen LogP contribution in [0.3, 0.4) is 0 Å². The summed E-state index contributed by atoms with van der Waals surface area (Å²) in [6.07, 6.45) is 1.73. The van der Waals surface area contributed by atoms with Gasteiger partial charge in [-0.2, -0.15) is 0 Å². The summed E-state index contributed by atoms with van der Waals surface area (Å²) in [5.41, 5.74) is 9.60. The van der Waals surface area contributed by atoms with Gasteiger partial charge in [0.25, 0.3) is 0 Å². The molecule has 0 aliphatic heterocycles. The fourth-order valence-electron chi connectivity index (χ4n) is 2.11. The van der Waals surface area contributed by atoms with E-state index in [-0.39, 0.29) is 4.88 Å². The van der Waals surface area contributed by atoms with Crippen molar-refractivity contribution in [3.05, 3.63) is 40.3 Å². The molecule has 100 valence electrons. The van der Waals surface area contributed by atoms with Gasteiger partial charge in [0.1, 0.15) is 4.88 Å². The third-order valence-corrected chi connectivity index (χ3v) is 4.51. The topological polar surface area (TPSA) is 63.3 Å². The largest absolute Gasteiger partial charge is 0.477 e. The highest BCUT2D eigenvalue weighted by atomic mass is 32.1. The summed E-state index contributed by atoms with van der Waals surface area (Å²) >= 11 is 1.26. The highest BCUT2D eigenvalue weighted by Crippen LogP contribution is 2.39. The number of rotatable bonds is 4. The van der Waals surface area contributed by atoms with Gasteiger partial charge in [-0.3, -0.25) is 0 Å². The second-order valence-electron chi connectivity index (χ2n) is 4.36. The first-order valence-electron chi connectivity index (χ1n) is 6.32. The van der Waals surface area contributed by atoms with E-state index >= 15 is 0 Å². The Hall–Kier alpha value is -1.81. The smallest absolute Gasteiger partial charge is 0.348 e. The number of aryl methyl sites for hydroxylation is 1. The van der Waals surface area contributed by atoms with Crippen LogP contribution < -0.4 is 5.73 Å². The highest BCUT2D eigenvalue weighted by Gasteiger charge is 2.20.